The van der Waals surface area contributed by atoms with Crippen LogP contribution in [0.5, 0.6) is 11.5 Å². The molecule has 1 N–H and O–H groups in total. The van der Waals surface area contributed by atoms with Crippen molar-refractivity contribution in [1.82, 2.24) is 4.90 Å². The molecule has 0 saturated heterocycles. The summed E-state index contributed by atoms with van der Waals surface area (Å²) in [5.74, 6) is -1.48. The maximum absolute atomic E-state index is 13.2. The van der Waals surface area contributed by atoms with Crippen LogP contribution in [0.25, 0.3) is 0 Å². The van der Waals surface area contributed by atoms with Crippen LogP contribution in [-0.2, 0) is 14.6 Å². The zero-order valence-corrected chi connectivity index (χ0v) is 19.0. The summed E-state index contributed by atoms with van der Waals surface area (Å²) in [6, 6.07) is 8.14. The van der Waals surface area contributed by atoms with Crippen molar-refractivity contribution >= 4 is 33.2 Å². The third kappa shape index (κ3) is 4.59. The standard InChI is InChI=1S/C22H24N2O7S/c1-13-11-18(30-2)19(31-3)12-16(13)23-20(25)17(9-10-32(4,28)29)24-21(26)14-7-5-6-8-15(14)22(24)27/h5-8,11-12,17H,9-10H2,1-4H3,(H,23,25). The molecule has 3 rings (SSSR count). The van der Waals surface area contributed by atoms with Crippen LogP contribution in [0.2, 0.25) is 0 Å². The van der Waals surface area contributed by atoms with Gasteiger partial charge in [-0.1, -0.05) is 12.1 Å². The van der Waals surface area contributed by atoms with Crippen molar-refractivity contribution in [3.05, 3.63) is 53.1 Å². The molecular formula is C22H24N2O7S. The normalized spacial score (nSPS) is 14.2. The number of fused-ring (bicyclic) bond motifs is 1. The van der Waals surface area contributed by atoms with Gasteiger partial charge in [-0.3, -0.25) is 19.3 Å². The Labute approximate surface area is 186 Å². The summed E-state index contributed by atoms with van der Waals surface area (Å²) in [6.45, 7) is 1.74. The van der Waals surface area contributed by atoms with E-state index in [9.17, 15) is 22.8 Å². The predicted octanol–water partition coefficient (Wildman–Crippen LogP) is 2.05. The van der Waals surface area contributed by atoms with E-state index in [4.69, 9.17) is 9.47 Å². The number of carbonyl (C=O) groups is 3. The molecule has 32 heavy (non-hydrogen) atoms. The summed E-state index contributed by atoms with van der Waals surface area (Å²) in [6.07, 6.45) is 0.797. The number of benzene rings is 2. The molecule has 0 aromatic heterocycles. The van der Waals surface area contributed by atoms with Crippen molar-refractivity contribution in [1.29, 1.82) is 0 Å². The molecule has 1 aliphatic rings. The average Bonchev–Trinajstić information content (AvgIpc) is 2.99. The maximum Gasteiger partial charge on any atom is 0.262 e. The molecule has 0 bridgehead atoms. The molecule has 0 aliphatic carbocycles. The zero-order valence-electron chi connectivity index (χ0n) is 18.2. The van der Waals surface area contributed by atoms with Gasteiger partial charge in [0.05, 0.1) is 31.1 Å². The maximum atomic E-state index is 13.2. The second-order valence-electron chi connectivity index (χ2n) is 7.47. The fourth-order valence-electron chi connectivity index (χ4n) is 3.53. The lowest BCUT2D eigenvalue weighted by Crippen LogP contribution is -2.48. The van der Waals surface area contributed by atoms with Gasteiger partial charge in [-0.2, -0.15) is 0 Å². The molecule has 1 aliphatic heterocycles. The molecule has 1 atom stereocenters. The van der Waals surface area contributed by atoms with Gasteiger partial charge in [0.1, 0.15) is 15.9 Å². The number of amides is 3. The highest BCUT2D eigenvalue weighted by Crippen LogP contribution is 2.33. The van der Waals surface area contributed by atoms with Crippen LogP contribution in [0, 0.1) is 6.92 Å². The van der Waals surface area contributed by atoms with E-state index in [-0.39, 0.29) is 23.3 Å². The Bertz CT molecular complexity index is 1160. The number of ether oxygens (including phenoxy) is 2. The van der Waals surface area contributed by atoms with E-state index in [2.05, 4.69) is 5.32 Å². The van der Waals surface area contributed by atoms with E-state index in [1.807, 2.05) is 0 Å². The highest BCUT2D eigenvalue weighted by molar-refractivity contribution is 7.90. The first-order chi connectivity index (χ1) is 15.1. The van der Waals surface area contributed by atoms with Crippen molar-refractivity contribution in [3.8, 4) is 11.5 Å². The number of carbonyl (C=O) groups excluding carboxylic acids is 3. The van der Waals surface area contributed by atoms with Gasteiger partial charge in [0.15, 0.2) is 11.5 Å². The van der Waals surface area contributed by atoms with Gasteiger partial charge in [0, 0.05) is 18.0 Å². The Morgan fingerprint density at radius 2 is 1.56 bits per heavy atom. The summed E-state index contributed by atoms with van der Waals surface area (Å²) < 4.78 is 34.1. The number of hydrogen-bond donors (Lipinski definition) is 1. The minimum atomic E-state index is -3.45. The average molecular weight is 461 g/mol. The Balaban J connectivity index is 1.96. The van der Waals surface area contributed by atoms with Crippen molar-refractivity contribution in [2.75, 3.05) is 31.5 Å². The Hall–Kier alpha value is -3.40. The number of hydrogen-bond acceptors (Lipinski definition) is 7. The number of nitrogens with one attached hydrogen (secondary N) is 1. The van der Waals surface area contributed by atoms with Crippen molar-refractivity contribution < 1.29 is 32.3 Å². The fourth-order valence-corrected chi connectivity index (χ4v) is 4.18. The van der Waals surface area contributed by atoms with E-state index in [1.165, 1.54) is 26.4 Å². The van der Waals surface area contributed by atoms with Crippen LogP contribution in [0.15, 0.2) is 36.4 Å². The zero-order chi connectivity index (χ0) is 23.6. The molecule has 3 amide bonds. The monoisotopic (exact) mass is 460 g/mol. The van der Waals surface area contributed by atoms with Crippen LogP contribution in [0.3, 0.4) is 0 Å². The molecule has 10 heteroatoms. The molecule has 0 radical (unpaired) electrons. The van der Waals surface area contributed by atoms with Gasteiger partial charge in [0.2, 0.25) is 5.91 Å². The number of nitrogens with zero attached hydrogens (tertiary/aromatic N) is 1. The molecule has 2 aromatic rings. The number of sulfone groups is 1. The lowest BCUT2D eigenvalue weighted by Gasteiger charge is -2.25. The van der Waals surface area contributed by atoms with Gasteiger partial charge >= 0.3 is 0 Å². The molecule has 1 unspecified atom stereocenters. The smallest absolute Gasteiger partial charge is 0.262 e. The molecule has 0 spiro atoms. The number of rotatable bonds is 8. The minimum Gasteiger partial charge on any atom is -0.493 e. The van der Waals surface area contributed by atoms with E-state index in [0.29, 0.717) is 22.7 Å². The second-order valence-corrected chi connectivity index (χ2v) is 9.73. The van der Waals surface area contributed by atoms with Crippen LogP contribution in [0.1, 0.15) is 32.7 Å². The van der Waals surface area contributed by atoms with Crippen LogP contribution >= 0.6 is 0 Å². The summed E-state index contributed by atoms with van der Waals surface area (Å²) >= 11 is 0. The first kappa shape index (κ1) is 23.3. The first-order valence-corrected chi connectivity index (χ1v) is 11.8. The molecule has 0 fully saturated rings. The van der Waals surface area contributed by atoms with E-state index >= 15 is 0 Å². The van der Waals surface area contributed by atoms with Crippen LogP contribution in [0.4, 0.5) is 5.69 Å². The predicted molar refractivity (Wildman–Crippen MR) is 118 cm³/mol. The highest BCUT2D eigenvalue weighted by Gasteiger charge is 2.42. The number of anilines is 1. The summed E-state index contributed by atoms with van der Waals surface area (Å²) in [5, 5.41) is 2.70. The SMILES string of the molecule is COc1cc(C)c(NC(=O)C(CCS(C)(=O)=O)N2C(=O)c3ccccc3C2=O)cc1OC. The molecular weight excluding hydrogens is 436 g/mol. The quantitative estimate of drug-likeness (QED) is 0.599. The van der Waals surface area contributed by atoms with Crippen molar-refractivity contribution in [2.45, 2.75) is 19.4 Å². The van der Waals surface area contributed by atoms with Gasteiger partial charge in [-0.05, 0) is 37.1 Å². The fraction of sp³-hybridized carbons (Fsp3) is 0.318. The first-order valence-electron chi connectivity index (χ1n) is 9.75. The van der Waals surface area contributed by atoms with Crippen molar-refractivity contribution in [3.63, 3.8) is 0 Å². The van der Waals surface area contributed by atoms with E-state index in [1.54, 1.807) is 31.2 Å². The molecule has 1 heterocycles. The Kier molecular flexibility index (Phi) is 6.54. The highest BCUT2D eigenvalue weighted by atomic mass is 32.2. The third-order valence-electron chi connectivity index (χ3n) is 5.19. The molecule has 170 valence electrons. The lowest BCUT2D eigenvalue weighted by molar-refractivity contribution is -0.120. The largest absolute Gasteiger partial charge is 0.493 e. The summed E-state index contributed by atoms with van der Waals surface area (Å²) in [4.78, 5) is 39.9. The topological polar surface area (TPSA) is 119 Å². The van der Waals surface area contributed by atoms with Crippen molar-refractivity contribution in [2.24, 2.45) is 0 Å². The minimum absolute atomic E-state index is 0.178. The third-order valence-corrected chi connectivity index (χ3v) is 6.17. The molecule has 2 aromatic carbocycles. The number of methoxy groups -OCH3 is 2. The van der Waals surface area contributed by atoms with E-state index in [0.717, 1.165) is 11.2 Å². The summed E-state index contributed by atoms with van der Waals surface area (Å²) in [7, 11) is -0.515. The molecule has 9 nitrogen and oxygen atoms in total. The van der Waals surface area contributed by atoms with E-state index < -0.39 is 33.6 Å². The Morgan fingerprint density at radius 3 is 2.06 bits per heavy atom. The van der Waals surface area contributed by atoms with Gasteiger partial charge in [-0.25, -0.2) is 8.42 Å². The lowest BCUT2D eigenvalue weighted by atomic mass is 10.1. The second kappa shape index (κ2) is 8.99. The Morgan fingerprint density at radius 1 is 1.03 bits per heavy atom. The number of imide groups is 1. The van der Waals surface area contributed by atoms with Gasteiger partial charge in [0.25, 0.3) is 11.8 Å². The molecule has 0 saturated carbocycles. The summed E-state index contributed by atoms with van der Waals surface area (Å²) in [5.41, 5.74) is 1.39. The van der Waals surface area contributed by atoms with Gasteiger partial charge < -0.3 is 14.8 Å². The van der Waals surface area contributed by atoms with Crippen LogP contribution < -0.4 is 14.8 Å². The van der Waals surface area contributed by atoms with Crippen LogP contribution in [-0.4, -0.2) is 63.3 Å². The number of aryl methyl sites for hydroxylation is 1. The van der Waals surface area contributed by atoms with Gasteiger partial charge in [-0.15, -0.1) is 0 Å².